The summed E-state index contributed by atoms with van der Waals surface area (Å²) >= 11 is 3.32. The van der Waals surface area contributed by atoms with E-state index in [2.05, 4.69) is 36.5 Å². The minimum atomic E-state index is 0.0551. The topological polar surface area (TPSA) is 66.9 Å². The minimum absolute atomic E-state index is 0.0551. The van der Waals surface area contributed by atoms with Crippen molar-refractivity contribution in [1.82, 2.24) is 15.3 Å². The first-order chi connectivity index (χ1) is 7.74. The lowest BCUT2D eigenvalue weighted by molar-refractivity contribution is -0.120. The highest BCUT2D eigenvalue weighted by Crippen LogP contribution is 2.16. The van der Waals surface area contributed by atoms with Crippen molar-refractivity contribution in [1.29, 1.82) is 0 Å². The molecule has 6 heteroatoms. The summed E-state index contributed by atoms with van der Waals surface area (Å²) in [6.07, 6.45) is 4.52. The van der Waals surface area contributed by atoms with Gasteiger partial charge in [0.15, 0.2) is 0 Å². The number of halogens is 1. The number of aromatic nitrogens is 2. The van der Waals surface area contributed by atoms with E-state index in [4.69, 9.17) is 0 Å². The Morgan fingerprint density at radius 3 is 3.00 bits per heavy atom. The predicted molar refractivity (Wildman–Crippen MR) is 66.1 cm³/mol. The molecule has 88 valence electrons. The Morgan fingerprint density at radius 1 is 1.50 bits per heavy atom. The highest BCUT2D eigenvalue weighted by Gasteiger charge is 2.02. The smallest absolute Gasteiger partial charge is 0.221 e. The molecule has 0 aromatic carbocycles. The summed E-state index contributed by atoms with van der Waals surface area (Å²) in [5.74, 6) is 0.762. The minimum Gasteiger partial charge on any atom is -0.369 e. The molecule has 0 aliphatic carbocycles. The molecule has 16 heavy (non-hydrogen) atoms. The number of hydrogen-bond donors (Lipinski definition) is 2. The largest absolute Gasteiger partial charge is 0.369 e. The Labute approximate surface area is 103 Å². The molecule has 0 unspecified atom stereocenters. The van der Waals surface area contributed by atoms with Crippen molar-refractivity contribution in [2.75, 3.05) is 18.4 Å². The third-order valence-corrected chi connectivity index (χ3v) is 2.46. The maximum Gasteiger partial charge on any atom is 0.221 e. The van der Waals surface area contributed by atoms with E-state index in [0.29, 0.717) is 18.8 Å². The Bertz CT molecular complexity index is 345. The third-order valence-electron chi connectivity index (χ3n) is 1.88. The van der Waals surface area contributed by atoms with Gasteiger partial charge in [-0.05, 0) is 22.4 Å². The van der Waals surface area contributed by atoms with Crippen molar-refractivity contribution in [2.45, 2.75) is 19.8 Å². The van der Waals surface area contributed by atoms with Crippen molar-refractivity contribution in [2.24, 2.45) is 0 Å². The zero-order chi connectivity index (χ0) is 11.8. The van der Waals surface area contributed by atoms with Gasteiger partial charge in [0.1, 0.15) is 12.1 Å². The molecule has 0 atom stereocenters. The van der Waals surface area contributed by atoms with E-state index in [-0.39, 0.29) is 5.91 Å². The van der Waals surface area contributed by atoms with Gasteiger partial charge in [-0.3, -0.25) is 4.79 Å². The second-order valence-corrected chi connectivity index (χ2v) is 4.10. The van der Waals surface area contributed by atoms with Crippen molar-refractivity contribution < 1.29 is 4.79 Å². The van der Waals surface area contributed by atoms with E-state index in [0.717, 1.165) is 17.4 Å². The lowest BCUT2D eigenvalue weighted by atomic mass is 10.3. The molecule has 1 amide bonds. The number of nitrogens with one attached hydrogen (secondary N) is 2. The van der Waals surface area contributed by atoms with Crippen LogP contribution in [-0.4, -0.2) is 29.0 Å². The summed E-state index contributed by atoms with van der Waals surface area (Å²) in [6, 6.07) is 0. The molecule has 0 bridgehead atoms. The van der Waals surface area contributed by atoms with E-state index >= 15 is 0 Å². The van der Waals surface area contributed by atoms with Gasteiger partial charge in [-0.1, -0.05) is 6.92 Å². The van der Waals surface area contributed by atoms with Gasteiger partial charge in [0, 0.05) is 25.7 Å². The average Bonchev–Trinajstić information content (AvgIpc) is 2.29. The molecular weight excluding hydrogens is 272 g/mol. The van der Waals surface area contributed by atoms with Gasteiger partial charge in [0.2, 0.25) is 5.91 Å². The Kier molecular flexibility index (Phi) is 5.77. The fraction of sp³-hybridized carbons (Fsp3) is 0.500. The van der Waals surface area contributed by atoms with E-state index in [1.54, 1.807) is 6.20 Å². The standard InChI is InChI=1S/C10H15BrN4O/c1-2-4-13-9(16)3-5-14-10-8(11)6-12-7-15-10/h6-7H,2-5H2,1H3,(H,13,16)(H,12,14,15). The van der Waals surface area contributed by atoms with Crippen LogP contribution in [0.15, 0.2) is 17.0 Å². The number of amides is 1. The molecule has 1 aromatic rings. The van der Waals surface area contributed by atoms with Gasteiger partial charge in [-0.25, -0.2) is 9.97 Å². The Balaban J connectivity index is 2.25. The maximum absolute atomic E-state index is 11.3. The van der Waals surface area contributed by atoms with Gasteiger partial charge in [-0.15, -0.1) is 0 Å². The first-order valence-corrected chi connectivity index (χ1v) is 5.99. The maximum atomic E-state index is 11.3. The van der Waals surface area contributed by atoms with Crippen LogP contribution in [0.4, 0.5) is 5.82 Å². The molecule has 0 saturated carbocycles. The quantitative estimate of drug-likeness (QED) is 0.833. The number of anilines is 1. The number of hydrogen-bond acceptors (Lipinski definition) is 4. The van der Waals surface area contributed by atoms with Gasteiger partial charge < -0.3 is 10.6 Å². The van der Waals surface area contributed by atoms with Crippen LogP contribution in [0.5, 0.6) is 0 Å². The predicted octanol–water partition coefficient (Wildman–Crippen LogP) is 1.57. The van der Waals surface area contributed by atoms with Crippen LogP contribution < -0.4 is 10.6 Å². The summed E-state index contributed by atoms with van der Waals surface area (Å²) < 4.78 is 0.795. The lowest BCUT2D eigenvalue weighted by Gasteiger charge is -2.06. The number of carbonyl (C=O) groups is 1. The summed E-state index contributed by atoms with van der Waals surface area (Å²) in [6.45, 7) is 3.32. The van der Waals surface area contributed by atoms with Crippen molar-refractivity contribution in [3.05, 3.63) is 17.0 Å². The lowest BCUT2D eigenvalue weighted by Crippen LogP contribution is -2.26. The molecule has 1 rings (SSSR count). The van der Waals surface area contributed by atoms with Crippen molar-refractivity contribution in [3.63, 3.8) is 0 Å². The second-order valence-electron chi connectivity index (χ2n) is 3.25. The van der Waals surface area contributed by atoms with E-state index in [9.17, 15) is 4.79 Å². The molecule has 0 radical (unpaired) electrons. The van der Waals surface area contributed by atoms with Gasteiger partial charge >= 0.3 is 0 Å². The molecule has 5 nitrogen and oxygen atoms in total. The Hall–Kier alpha value is -1.17. The zero-order valence-electron chi connectivity index (χ0n) is 9.16. The van der Waals surface area contributed by atoms with Crippen LogP contribution in [0, 0.1) is 0 Å². The summed E-state index contributed by atoms with van der Waals surface area (Å²) in [5, 5.41) is 5.87. The molecule has 0 spiro atoms. The van der Waals surface area contributed by atoms with E-state index in [1.807, 2.05) is 6.92 Å². The zero-order valence-corrected chi connectivity index (χ0v) is 10.7. The first kappa shape index (κ1) is 12.9. The van der Waals surface area contributed by atoms with Crippen LogP contribution in [0.3, 0.4) is 0 Å². The SMILES string of the molecule is CCCNC(=O)CCNc1ncncc1Br. The van der Waals surface area contributed by atoms with Crippen molar-refractivity contribution >= 4 is 27.7 Å². The molecular formula is C10H15BrN4O. The number of nitrogens with zero attached hydrogens (tertiary/aromatic N) is 2. The van der Waals surface area contributed by atoms with E-state index in [1.165, 1.54) is 6.33 Å². The average molecular weight is 287 g/mol. The first-order valence-electron chi connectivity index (χ1n) is 5.20. The summed E-state index contributed by atoms with van der Waals surface area (Å²) in [4.78, 5) is 19.2. The third kappa shape index (κ3) is 4.57. The van der Waals surface area contributed by atoms with Crippen LogP contribution in [0.2, 0.25) is 0 Å². The second kappa shape index (κ2) is 7.16. The van der Waals surface area contributed by atoms with Crippen LogP contribution in [0.25, 0.3) is 0 Å². The monoisotopic (exact) mass is 286 g/mol. The normalized spacial score (nSPS) is 9.88. The van der Waals surface area contributed by atoms with Crippen LogP contribution >= 0.6 is 15.9 Å². The molecule has 1 aromatic heterocycles. The highest BCUT2D eigenvalue weighted by atomic mass is 79.9. The van der Waals surface area contributed by atoms with Crippen molar-refractivity contribution in [3.8, 4) is 0 Å². The number of carbonyl (C=O) groups excluding carboxylic acids is 1. The van der Waals surface area contributed by atoms with Gasteiger partial charge in [0.05, 0.1) is 4.47 Å². The van der Waals surface area contributed by atoms with Crippen LogP contribution in [0.1, 0.15) is 19.8 Å². The van der Waals surface area contributed by atoms with Gasteiger partial charge in [-0.2, -0.15) is 0 Å². The molecule has 0 fully saturated rings. The van der Waals surface area contributed by atoms with E-state index < -0.39 is 0 Å². The molecule has 0 aliphatic rings. The molecule has 0 saturated heterocycles. The number of rotatable bonds is 6. The fourth-order valence-corrected chi connectivity index (χ4v) is 1.45. The molecule has 1 heterocycles. The highest BCUT2D eigenvalue weighted by molar-refractivity contribution is 9.10. The summed E-state index contributed by atoms with van der Waals surface area (Å²) in [5.41, 5.74) is 0. The fourth-order valence-electron chi connectivity index (χ4n) is 1.09. The van der Waals surface area contributed by atoms with Crippen LogP contribution in [-0.2, 0) is 4.79 Å². The Morgan fingerprint density at radius 2 is 2.31 bits per heavy atom. The molecule has 0 aliphatic heterocycles. The van der Waals surface area contributed by atoms with Gasteiger partial charge in [0.25, 0.3) is 0 Å². The summed E-state index contributed by atoms with van der Waals surface area (Å²) in [7, 11) is 0. The molecule has 2 N–H and O–H groups in total.